The molecule has 1 unspecified atom stereocenters. The second-order valence-corrected chi connectivity index (χ2v) is 5.46. The average Bonchev–Trinajstić information content (AvgIpc) is 2.76. The van der Waals surface area contributed by atoms with Gasteiger partial charge in [-0.3, -0.25) is 0 Å². The predicted molar refractivity (Wildman–Crippen MR) is 68.9 cm³/mol. The van der Waals surface area contributed by atoms with E-state index in [9.17, 15) is 0 Å². The molecule has 2 aliphatic rings. The molecule has 1 aromatic carbocycles. The van der Waals surface area contributed by atoms with Crippen molar-refractivity contribution >= 4 is 5.69 Å². The fourth-order valence-corrected chi connectivity index (χ4v) is 3.40. The summed E-state index contributed by atoms with van der Waals surface area (Å²) in [5.74, 6) is 0.917. The number of anilines is 1. The highest BCUT2D eigenvalue weighted by atomic mass is 15.0. The number of aryl methyl sites for hydroxylation is 1. The Balaban J connectivity index is 1.77. The molecule has 1 atom stereocenters. The van der Waals surface area contributed by atoms with Crippen LogP contribution in [0.25, 0.3) is 0 Å². The van der Waals surface area contributed by atoms with Gasteiger partial charge in [0.25, 0.3) is 0 Å². The summed E-state index contributed by atoms with van der Waals surface area (Å²) in [4.78, 5) is 0. The second-order valence-electron chi connectivity index (χ2n) is 5.46. The highest BCUT2D eigenvalue weighted by Gasteiger charge is 2.29. The molecular formula is C15H21N. The van der Waals surface area contributed by atoms with Crippen LogP contribution in [0.2, 0.25) is 0 Å². The Morgan fingerprint density at radius 2 is 1.94 bits per heavy atom. The fourth-order valence-electron chi connectivity index (χ4n) is 3.40. The van der Waals surface area contributed by atoms with E-state index in [-0.39, 0.29) is 0 Å². The summed E-state index contributed by atoms with van der Waals surface area (Å²) in [6.07, 6.45) is 8.46. The quantitative estimate of drug-likeness (QED) is 0.749. The third kappa shape index (κ3) is 1.73. The van der Waals surface area contributed by atoms with Crippen LogP contribution in [0.5, 0.6) is 0 Å². The van der Waals surface area contributed by atoms with Gasteiger partial charge in [0.05, 0.1) is 0 Å². The molecule has 1 aliphatic carbocycles. The van der Waals surface area contributed by atoms with Crippen LogP contribution in [0, 0.1) is 12.8 Å². The maximum Gasteiger partial charge on any atom is 0.0405 e. The van der Waals surface area contributed by atoms with Crippen LogP contribution < -0.4 is 5.32 Å². The molecule has 0 bridgehead atoms. The molecule has 3 rings (SSSR count). The van der Waals surface area contributed by atoms with E-state index in [0.717, 1.165) is 12.0 Å². The molecule has 0 amide bonds. The molecule has 1 aromatic rings. The van der Waals surface area contributed by atoms with Crippen LogP contribution in [0.4, 0.5) is 5.69 Å². The summed E-state index contributed by atoms with van der Waals surface area (Å²) >= 11 is 0. The van der Waals surface area contributed by atoms with Gasteiger partial charge in [0.1, 0.15) is 0 Å². The smallest absolute Gasteiger partial charge is 0.0405 e. The molecule has 1 nitrogen and oxygen atoms in total. The molecule has 0 spiro atoms. The standard InChI is InChI=1S/C15H21N/c1-11-6-5-9-13-10-14(16-15(11)13)12-7-3-2-4-8-12/h5-6,9,12,14,16H,2-4,7-8,10H2,1H3. The van der Waals surface area contributed by atoms with Crippen LogP contribution >= 0.6 is 0 Å². The summed E-state index contributed by atoms with van der Waals surface area (Å²) in [6, 6.07) is 7.42. The molecular weight excluding hydrogens is 194 g/mol. The van der Waals surface area contributed by atoms with Gasteiger partial charge in [-0.25, -0.2) is 0 Å². The number of rotatable bonds is 1. The first-order chi connectivity index (χ1) is 7.84. The monoisotopic (exact) mass is 215 g/mol. The zero-order chi connectivity index (χ0) is 11.0. The zero-order valence-corrected chi connectivity index (χ0v) is 10.1. The Hall–Kier alpha value is -0.980. The van der Waals surface area contributed by atoms with E-state index in [2.05, 4.69) is 30.4 Å². The Kier molecular flexibility index (Phi) is 2.62. The van der Waals surface area contributed by atoms with E-state index < -0.39 is 0 Å². The van der Waals surface area contributed by atoms with E-state index in [0.29, 0.717) is 0 Å². The topological polar surface area (TPSA) is 12.0 Å². The van der Waals surface area contributed by atoms with Crippen LogP contribution in [0.1, 0.15) is 43.2 Å². The van der Waals surface area contributed by atoms with Crippen LogP contribution in [0.15, 0.2) is 18.2 Å². The minimum Gasteiger partial charge on any atom is -0.381 e. The normalized spacial score (nSPS) is 25.2. The Bertz CT molecular complexity index is 377. The van der Waals surface area contributed by atoms with Gasteiger partial charge in [-0.15, -0.1) is 0 Å². The molecule has 16 heavy (non-hydrogen) atoms. The minimum atomic E-state index is 0.719. The minimum absolute atomic E-state index is 0.719. The van der Waals surface area contributed by atoms with Crippen molar-refractivity contribution in [1.82, 2.24) is 0 Å². The molecule has 1 aliphatic heterocycles. The molecule has 1 heterocycles. The number of hydrogen-bond donors (Lipinski definition) is 1. The Labute approximate surface area is 98.3 Å². The summed E-state index contributed by atoms with van der Waals surface area (Å²) in [6.45, 7) is 2.22. The maximum atomic E-state index is 3.77. The summed E-state index contributed by atoms with van der Waals surface area (Å²) in [5.41, 5.74) is 4.38. The van der Waals surface area contributed by atoms with Gasteiger partial charge in [-0.2, -0.15) is 0 Å². The van der Waals surface area contributed by atoms with E-state index in [1.54, 1.807) is 0 Å². The Morgan fingerprint density at radius 1 is 1.12 bits per heavy atom. The third-order valence-corrected chi connectivity index (χ3v) is 4.35. The lowest BCUT2D eigenvalue weighted by atomic mass is 9.83. The highest BCUT2D eigenvalue weighted by Crippen LogP contribution is 2.36. The highest BCUT2D eigenvalue weighted by molar-refractivity contribution is 5.61. The first-order valence-corrected chi connectivity index (χ1v) is 6.69. The predicted octanol–water partition coefficient (Wildman–Crippen LogP) is 3.91. The van der Waals surface area contributed by atoms with E-state index in [1.165, 1.54) is 55.3 Å². The second kappa shape index (κ2) is 4.12. The van der Waals surface area contributed by atoms with Crippen molar-refractivity contribution in [2.75, 3.05) is 5.32 Å². The van der Waals surface area contributed by atoms with Crippen LogP contribution in [0.3, 0.4) is 0 Å². The van der Waals surface area contributed by atoms with Crippen molar-refractivity contribution in [3.8, 4) is 0 Å². The molecule has 0 aromatic heterocycles. The fraction of sp³-hybridized carbons (Fsp3) is 0.600. The molecule has 0 saturated heterocycles. The van der Waals surface area contributed by atoms with Crippen molar-refractivity contribution < 1.29 is 0 Å². The molecule has 86 valence electrons. The van der Waals surface area contributed by atoms with E-state index >= 15 is 0 Å². The zero-order valence-electron chi connectivity index (χ0n) is 10.1. The van der Waals surface area contributed by atoms with Crippen LogP contribution in [-0.2, 0) is 6.42 Å². The molecule has 1 heteroatoms. The van der Waals surface area contributed by atoms with Gasteiger partial charge in [-0.1, -0.05) is 37.5 Å². The summed E-state index contributed by atoms with van der Waals surface area (Å²) < 4.78 is 0. The number of fused-ring (bicyclic) bond motifs is 1. The Morgan fingerprint density at radius 3 is 2.69 bits per heavy atom. The molecule has 1 saturated carbocycles. The van der Waals surface area contributed by atoms with Gasteiger partial charge in [0, 0.05) is 11.7 Å². The molecule has 1 fully saturated rings. The lowest BCUT2D eigenvalue weighted by Gasteiger charge is -2.27. The lowest BCUT2D eigenvalue weighted by Crippen LogP contribution is -2.28. The average molecular weight is 215 g/mol. The number of nitrogens with one attached hydrogen (secondary N) is 1. The SMILES string of the molecule is Cc1cccc2c1NC(C1CCCCC1)C2. The van der Waals surface area contributed by atoms with Gasteiger partial charge in [0.2, 0.25) is 0 Å². The van der Waals surface area contributed by atoms with Gasteiger partial charge in [0.15, 0.2) is 0 Å². The van der Waals surface area contributed by atoms with Crippen molar-refractivity contribution in [3.63, 3.8) is 0 Å². The van der Waals surface area contributed by atoms with Crippen molar-refractivity contribution in [1.29, 1.82) is 0 Å². The first-order valence-electron chi connectivity index (χ1n) is 6.69. The third-order valence-electron chi connectivity index (χ3n) is 4.35. The number of para-hydroxylation sites is 1. The lowest BCUT2D eigenvalue weighted by molar-refractivity contribution is 0.321. The largest absolute Gasteiger partial charge is 0.381 e. The molecule has 0 radical (unpaired) electrons. The summed E-state index contributed by atoms with van der Waals surface area (Å²) in [7, 11) is 0. The maximum absolute atomic E-state index is 3.77. The van der Waals surface area contributed by atoms with Crippen molar-refractivity contribution in [2.24, 2.45) is 5.92 Å². The van der Waals surface area contributed by atoms with E-state index in [1.807, 2.05) is 0 Å². The van der Waals surface area contributed by atoms with E-state index in [4.69, 9.17) is 0 Å². The first kappa shape index (κ1) is 10.2. The van der Waals surface area contributed by atoms with Gasteiger partial charge in [-0.05, 0) is 43.2 Å². The van der Waals surface area contributed by atoms with Crippen molar-refractivity contribution in [2.45, 2.75) is 51.5 Å². The number of benzene rings is 1. The van der Waals surface area contributed by atoms with Gasteiger partial charge >= 0.3 is 0 Å². The summed E-state index contributed by atoms with van der Waals surface area (Å²) in [5, 5.41) is 3.77. The van der Waals surface area contributed by atoms with Crippen molar-refractivity contribution in [3.05, 3.63) is 29.3 Å². The molecule has 1 N–H and O–H groups in total. The van der Waals surface area contributed by atoms with Gasteiger partial charge < -0.3 is 5.32 Å². The van der Waals surface area contributed by atoms with Crippen LogP contribution in [-0.4, -0.2) is 6.04 Å². The number of hydrogen-bond acceptors (Lipinski definition) is 1.